The van der Waals surface area contributed by atoms with E-state index in [1.165, 1.54) is 24.5 Å². The first kappa shape index (κ1) is 18.3. The van der Waals surface area contributed by atoms with Gasteiger partial charge in [-0.3, -0.25) is 4.79 Å². The Labute approximate surface area is 156 Å². The van der Waals surface area contributed by atoms with Crippen molar-refractivity contribution in [2.45, 2.75) is 13.0 Å². The Hall–Kier alpha value is -3.54. The van der Waals surface area contributed by atoms with Gasteiger partial charge in [0, 0.05) is 11.6 Å². The van der Waals surface area contributed by atoms with E-state index in [1.807, 2.05) is 31.2 Å². The normalized spacial score (nSPS) is 11.9. The predicted molar refractivity (Wildman–Crippen MR) is 101 cm³/mol. The molecule has 0 aliphatic rings. The lowest BCUT2D eigenvalue weighted by atomic mass is 10.1. The van der Waals surface area contributed by atoms with Gasteiger partial charge in [0.1, 0.15) is 17.9 Å². The second-order valence-electron chi connectivity index (χ2n) is 5.83. The molecule has 0 aliphatic heterocycles. The smallest absolute Gasteiger partial charge is 0.244 e. The maximum Gasteiger partial charge on any atom is 0.244 e. The van der Waals surface area contributed by atoms with E-state index >= 15 is 0 Å². The van der Waals surface area contributed by atoms with E-state index in [9.17, 15) is 9.18 Å². The molecule has 136 valence electrons. The van der Waals surface area contributed by atoms with Crippen LogP contribution in [0.15, 0.2) is 73.3 Å². The molecule has 1 N–H and O–H groups in total. The van der Waals surface area contributed by atoms with Crippen molar-refractivity contribution < 1.29 is 13.9 Å². The fourth-order valence-electron chi connectivity index (χ4n) is 2.44. The average Bonchev–Trinajstić information content (AvgIpc) is 2.68. The molecular weight excluding hydrogens is 345 g/mol. The first-order valence-corrected chi connectivity index (χ1v) is 8.38. The molecule has 1 unspecified atom stereocenters. The number of carbonyl (C=O) groups excluding carboxylic acids is 1. The van der Waals surface area contributed by atoms with E-state index in [4.69, 9.17) is 4.74 Å². The molecule has 1 heterocycles. The van der Waals surface area contributed by atoms with Gasteiger partial charge in [0.2, 0.25) is 5.91 Å². The molecule has 1 aromatic heterocycles. The summed E-state index contributed by atoms with van der Waals surface area (Å²) in [7, 11) is 0. The van der Waals surface area contributed by atoms with Gasteiger partial charge in [0.25, 0.3) is 0 Å². The van der Waals surface area contributed by atoms with Gasteiger partial charge in [0.05, 0.1) is 18.4 Å². The van der Waals surface area contributed by atoms with Crippen molar-refractivity contribution in [2.75, 3.05) is 0 Å². The van der Waals surface area contributed by atoms with E-state index in [0.717, 1.165) is 5.56 Å². The number of rotatable bonds is 6. The fraction of sp³-hybridized carbons (Fsp3) is 0.0952. The number of hydrogen-bond donors (Lipinski definition) is 1. The Morgan fingerprint density at radius 2 is 1.89 bits per heavy atom. The second-order valence-corrected chi connectivity index (χ2v) is 5.83. The number of carbonyl (C=O) groups is 1. The Balaban J connectivity index is 1.63. The minimum Gasteiger partial charge on any atom is -0.454 e. The number of nitrogens with one attached hydrogen (secondary N) is 1. The van der Waals surface area contributed by atoms with Crippen molar-refractivity contribution in [3.63, 3.8) is 0 Å². The molecule has 27 heavy (non-hydrogen) atoms. The molecule has 0 saturated heterocycles. The zero-order valence-electron chi connectivity index (χ0n) is 14.7. The van der Waals surface area contributed by atoms with Crippen LogP contribution < -0.4 is 10.1 Å². The summed E-state index contributed by atoms with van der Waals surface area (Å²) >= 11 is 0. The molecule has 0 aliphatic carbocycles. The highest BCUT2D eigenvalue weighted by Crippen LogP contribution is 2.23. The summed E-state index contributed by atoms with van der Waals surface area (Å²) in [6, 6.07) is 13.4. The van der Waals surface area contributed by atoms with E-state index in [1.54, 1.807) is 30.6 Å². The van der Waals surface area contributed by atoms with Gasteiger partial charge in [-0.2, -0.15) is 0 Å². The lowest BCUT2D eigenvalue weighted by Crippen LogP contribution is -2.24. The van der Waals surface area contributed by atoms with E-state index in [-0.39, 0.29) is 17.8 Å². The number of ether oxygens (including phenoxy) is 1. The van der Waals surface area contributed by atoms with Gasteiger partial charge in [-0.1, -0.05) is 30.3 Å². The number of aromatic nitrogens is 2. The summed E-state index contributed by atoms with van der Waals surface area (Å²) in [5.41, 5.74) is 1.23. The third kappa shape index (κ3) is 5.22. The minimum absolute atomic E-state index is 0.252. The molecule has 1 atom stereocenters. The first-order valence-electron chi connectivity index (χ1n) is 8.38. The van der Waals surface area contributed by atoms with Crippen LogP contribution in [0.25, 0.3) is 6.08 Å². The standard InChI is InChI=1S/C21H18FN3O2/c1-15(25-21(26)10-9-16-5-2-3-8-20(16)22)17-6-4-7-18(11-17)27-19-12-23-14-24-13-19/h2-15H,1H3,(H,25,26). The summed E-state index contributed by atoms with van der Waals surface area (Å²) in [6.45, 7) is 1.86. The first-order chi connectivity index (χ1) is 13.1. The summed E-state index contributed by atoms with van der Waals surface area (Å²) < 4.78 is 19.3. The highest BCUT2D eigenvalue weighted by Gasteiger charge is 2.09. The molecule has 0 spiro atoms. The number of hydrogen-bond acceptors (Lipinski definition) is 4. The summed E-state index contributed by atoms with van der Waals surface area (Å²) in [4.78, 5) is 19.9. The molecular formula is C21H18FN3O2. The second kappa shape index (κ2) is 8.71. The third-order valence-electron chi connectivity index (χ3n) is 3.81. The Morgan fingerprint density at radius 3 is 2.67 bits per heavy atom. The lowest BCUT2D eigenvalue weighted by molar-refractivity contribution is -0.117. The summed E-state index contributed by atoms with van der Waals surface area (Å²) in [5, 5.41) is 2.85. The average molecular weight is 363 g/mol. The lowest BCUT2D eigenvalue weighted by Gasteiger charge is -2.14. The Kier molecular flexibility index (Phi) is 5.89. The van der Waals surface area contributed by atoms with Crippen LogP contribution in [0.5, 0.6) is 11.5 Å². The molecule has 5 nitrogen and oxygen atoms in total. The molecule has 0 bridgehead atoms. The number of nitrogens with zero attached hydrogens (tertiary/aromatic N) is 2. The van der Waals surface area contributed by atoms with Gasteiger partial charge in [0.15, 0.2) is 5.75 Å². The fourth-order valence-corrected chi connectivity index (χ4v) is 2.44. The monoisotopic (exact) mass is 363 g/mol. The van der Waals surface area contributed by atoms with Gasteiger partial charge < -0.3 is 10.1 Å². The third-order valence-corrected chi connectivity index (χ3v) is 3.81. The van der Waals surface area contributed by atoms with E-state index in [0.29, 0.717) is 17.1 Å². The zero-order chi connectivity index (χ0) is 19.1. The molecule has 3 aromatic rings. The van der Waals surface area contributed by atoms with Crippen molar-refractivity contribution in [1.29, 1.82) is 0 Å². The van der Waals surface area contributed by atoms with Crippen molar-refractivity contribution >= 4 is 12.0 Å². The van der Waals surface area contributed by atoms with Crippen molar-refractivity contribution in [3.8, 4) is 11.5 Å². The zero-order valence-corrected chi connectivity index (χ0v) is 14.7. The van der Waals surface area contributed by atoms with Crippen LogP contribution in [0.1, 0.15) is 24.1 Å². The largest absolute Gasteiger partial charge is 0.454 e. The van der Waals surface area contributed by atoms with Crippen LogP contribution in [0.3, 0.4) is 0 Å². The number of halogens is 1. The maximum atomic E-state index is 13.6. The maximum absolute atomic E-state index is 13.6. The molecule has 2 aromatic carbocycles. The topological polar surface area (TPSA) is 64.1 Å². The van der Waals surface area contributed by atoms with E-state index < -0.39 is 0 Å². The van der Waals surface area contributed by atoms with Gasteiger partial charge >= 0.3 is 0 Å². The molecule has 6 heteroatoms. The van der Waals surface area contributed by atoms with Crippen molar-refractivity contribution in [1.82, 2.24) is 15.3 Å². The highest BCUT2D eigenvalue weighted by atomic mass is 19.1. The Bertz CT molecular complexity index is 945. The Morgan fingerprint density at radius 1 is 1.11 bits per heavy atom. The van der Waals surface area contributed by atoms with Gasteiger partial charge in [-0.15, -0.1) is 0 Å². The number of benzene rings is 2. The predicted octanol–water partition coefficient (Wildman–Crippen LogP) is 4.30. The van der Waals surface area contributed by atoms with Crippen LogP contribution in [0.2, 0.25) is 0 Å². The summed E-state index contributed by atoms with van der Waals surface area (Å²) in [6.07, 6.45) is 7.33. The number of amides is 1. The molecule has 0 saturated carbocycles. The molecule has 1 amide bonds. The highest BCUT2D eigenvalue weighted by molar-refractivity contribution is 5.92. The van der Waals surface area contributed by atoms with Crippen LogP contribution in [-0.2, 0) is 4.79 Å². The van der Waals surface area contributed by atoms with Crippen molar-refractivity contribution in [2.24, 2.45) is 0 Å². The van der Waals surface area contributed by atoms with Crippen LogP contribution in [-0.4, -0.2) is 15.9 Å². The quantitative estimate of drug-likeness (QED) is 0.663. The van der Waals surface area contributed by atoms with Crippen LogP contribution in [0.4, 0.5) is 4.39 Å². The minimum atomic E-state index is -0.371. The SMILES string of the molecule is CC(NC(=O)C=Cc1ccccc1F)c1cccc(Oc2cncnc2)c1. The van der Waals surface area contributed by atoms with Gasteiger partial charge in [-0.05, 0) is 36.8 Å². The van der Waals surface area contributed by atoms with Crippen LogP contribution >= 0.6 is 0 Å². The van der Waals surface area contributed by atoms with E-state index in [2.05, 4.69) is 15.3 Å². The molecule has 0 fully saturated rings. The van der Waals surface area contributed by atoms with Crippen LogP contribution in [0, 0.1) is 5.82 Å². The molecule has 3 rings (SSSR count). The molecule has 0 radical (unpaired) electrons. The summed E-state index contributed by atoms with van der Waals surface area (Å²) in [5.74, 6) is 0.460. The van der Waals surface area contributed by atoms with Gasteiger partial charge in [-0.25, -0.2) is 14.4 Å². The van der Waals surface area contributed by atoms with Crippen molar-refractivity contribution in [3.05, 3.63) is 90.3 Å².